The number of aromatic hydroxyl groups is 1. The van der Waals surface area contributed by atoms with Crippen LogP contribution < -0.4 is 31.2 Å². The predicted octanol–water partition coefficient (Wildman–Crippen LogP) is 4.76. The Morgan fingerprint density at radius 1 is 0.897 bits per heavy atom. The fourth-order valence-electron chi connectivity index (χ4n) is 10.1. The molecule has 7 N–H and O–H groups in total. The van der Waals surface area contributed by atoms with Crippen molar-refractivity contribution < 1.29 is 76.9 Å². The molecule has 78 heavy (non-hydrogen) atoms. The highest BCUT2D eigenvalue weighted by atomic mass is 16.8. The average molecular weight is 1080 g/mol. The van der Waals surface area contributed by atoms with E-state index >= 15 is 0 Å². The number of benzene rings is 3. The second-order valence-electron chi connectivity index (χ2n) is 20.4. The Balaban J connectivity index is 0.749. The normalized spacial score (nSPS) is 22.7. The first-order valence-electron chi connectivity index (χ1n) is 26.5. The smallest absolute Gasteiger partial charge is 0.340 e. The number of fused-ring (bicyclic) bond motifs is 7. The highest BCUT2D eigenvalue weighted by Crippen LogP contribution is 2.57. The summed E-state index contributed by atoms with van der Waals surface area (Å²) in [5, 5.41) is 35.7. The van der Waals surface area contributed by atoms with Crippen LogP contribution >= 0.6 is 0 Å². The fraction of sp³-hybridized carbons (Fsp3) is 0.527. The molecule has 420 valence electrons. The Labute approximate surface area is 451 Å². The molecule has 0 bridgehead atoms. The van der Waals surface area contributed by atoms with Gasteiger partial charge in [-0.15, -0.1) is 5.10 Å². The Hall–Kier alpha value is -7.18. The third kappa shape index (κ3) is 13.6. The number of rotatable bonds is 26. The molecule has 4 amide bonds. The first-order valence-corrected chi connectivity index (χ1v) is 26.5. The summed E-state index contributed by atoms with van der Waals surface area (Å²) in [6.45, 7) is 9.00. The number of phenols is 1. The number of hydrogen-bond donors (Lipinski definition) is 6. The number of aromatic nitrogens is 3. The summed E-state index contributed by atoms with van der Waals surface area (Å²) in [7, 11) is 0. The molecule has 23 heteroatoms. The standard InChI is InChI=1S/C55H69N7O16/c1-31(50(68)59-41(49(56)67)22-23-45(65)66)57-51(69)32(2)74-48-46(58-33(3)63)53(76-44-30-73-54(4,5)77-47(44)48)71-25-15-11-9-7-6-8-10-14-24-62-28-34(60-61-62)29-72-36-19-21-40-43(27-36)75-42-26-35(64)18-20-39(42)55(40)38-17-13-12-16-37(38)52(70)78-55/h12-13,16-21,26-28,31-32,41,44,46-48,53,64H,6-11,14-15,22-25,29-30H2,1-5H3,(H2,56,67)(H,57,69)(H,58,63)(H,59,68)(H,65,66)/t31-,32+,41-,44+,46+,47+,48+,53+,55?/m0/s1. The molecule has 0 saturated carbocycles. The minimum absolute atomic E-state index is 0.0148. The van der Waals surface area contributed by atoms with Gasteiger partial charge in [0.05, 0.1) is 18.4 Å². The number of esters is 1. The van der Waals surface area contributed by atoms with Crippen molar-refractivity contribution in [3.05, 3.63) is 94.8 Å². The summed E-state index contributed by atoms with van der Waals surface area (Å²) in [4.78, 5) is 74.9. The average Bonchev–Trinajstić information content (AvgIpc) is 4.19. The van der Waals surface area contributed by atoms with E-state index in [9.17, 15) is 33.9 Å². The number of unbranched alkanes of at least 4 members (excludes halogenated alkanes) is 7. The lowest BCUT2D eigenvalue weighted by molar-refractivity contribution is -0.373. The number of carbonyl (C=O) groups is 6. The summed E-state index contributed by atoms with van der Waals surface area (Å²) in [6, 6.07) is 14.1. The molecule has 0 aliphatic carbocycles. The van der Waals surface area contributed by atoms with Gasteiger partial charge in [-0.05, 0) is 77.3 Å². The van der Waals surface area contributed by atoms with Crippen LogP contribution in [0.5, 0.6) is 23.0 Å². The molecule has 1 aromatic heterocycles. The van der Waals surface area contributed by atoms with E-state index in [2.05, 4.69) is 26.3 Å². The van der Waals surface area contributed by atoms with E-state index in [1.54, 1.807) is 50.2 Å². The number of nitrogens with zero attached hydrogens (tertiary/aromatic N) is 3. The monoisotopic (exact) mass is 1080 g/mol. The molecule has 4 aromatic rings. The van der Waals surface area contributed by atoms with Gasteiger partial charge < -0.3 is 69.8 Å². The quantitative estimate of drug-likeness (QED) is 0.0365. The molecule has 4 aliphatic rings. The van der Waals surface area contributed by atoms with Gasteiger partial charge in [0.15, 0.2) is 17.7 Å². The maximum Gasteiger partial charge on any atom is 0.340 e. The van der Waals surface area contributed by atoms with Crippen molar-refractivity contribution in [2.75, 3.05) is 13.2 Å². The lowest BCUT2D eigenvalue weighted by atomic mass is 9.77. The Kier molecular flexibility index (Phi) is 18.3. The lowest BCUT2D eigenvalue weighted by Crippen LogP contribution is -2.69. The SMILES string of the molecule is CC(=O)N[C@H]1[C@H](OCCCCCCCCCCn2cc(COc3ccc4c(c3)Oc3cc(O)ccc3C43OC(=O)c4ccccc43)nn2)O[C@@H]2COC(C)(C)O[C@H]2[C@@H]1O[C@H](C)C(=O)N[C@@H](C)C(=O)N[C@@H](CCC(=O)O)C(N)=O. The van der Waals surface area contributed by atoms with Crippen LogP contribution in [0.15, 0.2) is 66.9 Å². The van der Waals surface area contributed by atoms with E-state index in [-0.39, 0.29) is 25.4 Å². The molecule has 23 nitrogen and oxygen atoms in total. The number of aryl methyl sites for hydroxylation is 1. The maximum atomic E-state index is 13.4. The van der Waals surface area contributed by atoms with Crippen molar-refractivity contribution in [3.63, 3.8) is 0 Å². The first kappa shape index (κ1) is 57.0. The van der Waals surface area contributed by atoms with Crippen LogP contribution in [-0.2, 0) is 71.1 Å². The molecular weight excluding hydrogens is 1010 g/mol. The van der Waals surface area contributed by atoms with Crippen LogP contribution in [0.25, 0.3) is 0 Å². The Bertz CT molecular complexity index is 2820. The molecule has 9 atom stereocenters. The van der Waals surface area contributed by atoms with Gasteiger partial charge in [0.1, 0.15) is 77.8 Å². The van der Waals surface area contributed by atoms with E-state index in [0.29, 0.717) is 58.3 Å². The summed E-state index contributed by atoms with van der Waals surface area (Å²) in [5.74, 6) is -4.07. The molecule has 4 aliphatic heterocycles. The first-order chi connectivity index (χ1) is 37.3. The van der Waals surface area contributed by atoms with Crippen molar-refractivity contribution in [3.8, 4) is 23.0 Å². The fourth-order valence-corrected chi connectivity index (χ4v) is 10.1. The Morgan fingerprint density at radius 2 is 1.60 bits per heavy atom. The molecule has 0 radical (unpaired) electrons. The third-order valence-corrected chi connectivity index (χ3v) is 14.0. The molecule has 2 saturated heterocycles. The van der Waals surface area contributed by atoms with Crippen LogP contribution in [0, 0.1) is 0 Å². The van der Waals surface area contributed by atoms with E-state index in [0.717, 1.165) is 51.4 Å². The summed E-state index contributed by atoms with van der Waals surface area (Å²) in [5.41, 5.74) is 7.17. The van der Waals surface area contributed by atoms with Crippen LogP contribution in [0.1, 0.15) is 132 Å². The number of carboxylic acids is 1. The zero-order valence-corrected chi connectivity index (χ0v) is 44.4. The number of primary amides is 1. The maximum absolute atomic E-state index is 13.4. The van der Waals surface area contributed by atoms with Gasteiger partial charge in [-0.25, -0.2) is 4.79 Å². The predicted molar refractivity (Wildman–Crippen MR) is 275 cm³/mol. The number of ether oxygens (including phenoxy) is 8. The number of hydrogen-bond acceptors (Lipinski definition) is 17. The van der Waals surface area contributed by atoms with Crippen molar-refractivity contribution >= 4 is 35.6 Å². The minimum Gasteiger partial charge on any atom is -0.508 e. The van der Waals surface area contributed by atoms with Gasteiger partial charge in [0.25, 0.3) is 0 Å². The van der Waals surface area contributed by atoms with Crippen LogP contribution in [0.3, 0.4) is 0 Å². The minimum atomic E-state index is -1.25. The molecule has 8 rings (SSSR count). The van der Waals surface area contributed by atoms with Gasteiger partial charge in [0, 0.05) is 55.3 Å². The van der Waals surface area contributed by atoms with Gasteiger partial charge in [-0.2, -0.15) is 0 Å². The van der Waals surface area contributed by atoms with Gasteiger partial charge in [-0.3, -0.25) is 28.7 Å². The number of carbonyl (C=O) groups excluding carboxylic acids is 5. The molecule has 1 unspecified atom stereocenters. The van der Waals surface area contributed by atoms with E-state index in [1.165, 1.54) is 26.8 Å². The van der Waals surface area contributed by atoms with Crippen molar-refractivity contribution in [2.45, 2.75) is 172 Å². The molecule has 1 spiro atoms. The van der Waals surface area contributed by atoms with Crippen LogP contribution in [0.2, 0.25) is 0 Å². The topological polar surface area (TPSA) is 310 Å². The Morgan fingerprint density at radius 3 is 2.33 bits per heavy atom. The van der Waals surface area contributed by atoms with E-state index in [1.807, 2.05) is 29.1 Å². The second kappa shape index (κ2) is 25.1. The van der Waals surface area contributed by atoms with Crippen molar-refractivity contribution in [1.82, 2.24) is 30.9 Å². The van der Waals surface area contributed by atoms with Gasteiger partial charge in [-0.1, -0.05) is 61.9 Å². The number of phenolic OH excluding ortho intramolecular Hbond substituents is 1. The second-order valence-corrected chi connectivity index (χ2v) is 20.4. The van der Waals surface area contributed by atoms with E-state index in [4.69, 9.17) is 48.7 Å². The van der Waals surface area contributed by atoms with Crippen LogP contribution in [0.4, 0.5) is 0 Å². The highest BCUT2D eigenvalue weighted by Gasteiger charge is 2.55. The zero-order valence-electron chi connectivity index (χ0n) is 44.4. The molecule has 3 aromatic carbocycles. The third-order valence-electron chi connectivity index (χ3n) is 14.0. The molecule has 5 heterocycles. The molecule has 2 fully saturated rings. The summed E-state index contributed by atoms with van der Waals surface area (Å²) >= 11 is 0. The highest BCUT2D eigenvalue weighted by molar-refractivity contribution is 5.97. The zero-order chi connectivity index (χ0) is 55.7. The van der Waals surface area contributed by atoms with Gasteiger partial charge in [0.2, 0.25) is 23.6 Å². The number of aliphatic carboxylic acids is 1. The van der Waals surface area contributed by atoms with Crippen molar-refractivity contribution in [2.24, 2.45) is 5.73 Å². The molecular formula is C55H69N7O16. The summed E-state index contributed by atoms with van der Waals surface area (Å²) in [6.07, 6.45) is 4.40. The van der Waals surface area contributed by atoms with E-state index < -0.39 is 102 Å². The van der Waals surface area contributed by atoms with Crippen molar-refractivity contribution in [1.29, 1.82) is 0 Å². The number of carboxylic acid groups (broad SMARTS) is 1. The number of amides is 4. The number of nitrogens with two attached hydrogens (primary N) is 1. The summed E-state index contributed by atoms with van der Waals surface area (Å²) < 4.78 is 51.5. The number of nitrogens with one attached hydrogen (secondary N) is 3. The van der Waals surface area contributed by atoms with Crippen LogP contribution in [-0.4, -0.2) is 129 Å². The lowest BCUT2D eigenvalue weighted by Gasteiger charge is -2.51. The van der Waals surface area contributed by atoms with Gasteiger partial charge >= 0.3 is 11.9 Å². The largest absolute Gasteiger partial charge is 0.508 e.